The second-order valence-electron chi connectivity index (χ2n) is 3.56. The second-order valence-corrected chi connectivity index (χ2v) is 4.42. The molecule has 2 heterocycles. The minimum absolute atomic E-state index is 0.212. The van der Waals surface area contributed by atoms with E-state index in [1.54, 1.807) is 6.07 Å². The highest BCUT2D eigenvalue weighted by atomic mass is 79.9. The lowest BCUT2D eigenvalue weighted by Gasteiger charge is -2.03. The molecule has 17 heavy (non-hydrogen) atoms. The first-order chi connectivity index (χ1) is 8.13. The van der Waals surface area contributed by atoms with Crippen molar-refractivity contribution in [3.63, 3.8) is 0 Å². The molecule has 0 radical (unpaired) electrons. The number of aromatic nitrogens is 2. The molecule has 0 spiro atoms. The van der Waals surface area contributed by atoms with Crippen LogP contribution >= 0.6 is 15.9 Å². The van der Waals surface area contributed by atoms with Gasteiger partial charge in [0.15, 0.2) is 11.6 Å². The predicted octanol–water partition coefficient (Wildman–Crippen LogP) is 2.45. The molecule has 0 unspecified atom stereocenters. The highest BCUT2D eigenvalue weighted by Gasteiger charge is 2.14. The summed E-state index contributed by atoms with van der Waals surface area (Å²) in [6.45, 7) is 1.93. The van der Waals surface area contributed by atoms with Gasteiger partial charge >= 0.3 is 0 Å². The minimum atomic E-state index is -0.336. The lowest BCUT2D eigenvalue weighted by molar-refractivity contribution is 0.441. The van der Waals surface area contributed by atoms with Gasteiger partial charge in [0.2, 0.25) is 5.88 Å². The Labute approximate surface area is 106 Å². The van der Waals surface area contributed by atoms with E-state index in [-0.39, 0.29) is 17.3 Å². The van der Waals surface area contributed by atoms with E-state index in [0.29, 0.717) is 22.2 Å². The van der Waals surface area contributed by atoms with Crippen molar-refractivity contribution >= 4 is 15.9 Å². The van der Waals surface area contributed by atoms with Crippen LogP contribution in [0.25, 0.3) is 11.6 Å². The standard InChI is InChI=1S/C11H11BrN2O3/c1-2-3-6-10(15)13-9(14-11(6)16)8-7(12)4-5-17-8/h4-5H,2-3H2,1H3,(H2,13,14,15,16). The number of furan rings is 1. The van der Waals surface area contributed by atoms with Crippen LogP contribution in [0.1, 0.15) is 18.9 Å². The molecule has 0 aliphatic rings. The lowest BCUT2D eigenvalue weighted by atomic mass is 10.2. The molecule has 0 fully saturated rings. The van der Waals surface area contributed by atoms with E-state index >= 15 is 0 Å². The van der Waals surface area contributed by atoms with Gasteiger partial charge in [-0.3, -0.25) is 4.79 Å². The van der Waals surface area contributed by atoms with E-state index in [1.807, 2.05) is 6.92 Å². The van der Waals surface area contributed by atoms with Crippen LogP contribution in [-0.2, 0) is 6.42 Å². The number of hydrogen-bond acceptors (Lipinski definition) is 4. The number of aromatic hydroxyl groups is 1. The van der Waals surface area contributed by atoms with Crippen LogP contribution in [0.2, 0.25) is 0 Å². The summed E-state index contributed by atoms with van der Waals surface area (Å²) in [5.41, 5.74) is -0.0309. The van der Waals surface area contributed by atoms with Crippen molar-refractivity contribution in [1.82, 2.24) is 9.97 Å². The van der Waals surface area contributed by atoms with Gasteiger partial charge in [-0.1, -0.05) is 13.3 Å². The van der Waals surface area contributed by atoms with Gasteiger partial charge in [0.1, 0.15) is 0 Å². The summed E-state index contributed by atoms with van der Waals surface area (Å²) in [6.07, 6.45) is 2.73. The molecule has 0 amide bonds. The smallest absolute Gasteiger partial charge is 0.258 e. The van der Waals surface area contributed by atoms with Crippen LogP contribution in [0.5, 0.6) is 5.88 Å². The third kappa shape index (κ3) is 2.26. The molecule has 2 rings (SSSR count). The van der Waals surface area contributed by atoms with E-state index in [1.165, 1.54) is 6.26 Å². The number of nitrogens with one attached hydrogen (secondary N) is 1. The van der Waals surface area contributed by atoms with E-state index in [0.717, 1.165) is 6.42 Å². The number of aromatic amines is 1. The fraction of sp³-hybridized carbons (Fsp3) is 0.273. The maximum atomic E-state index is 11.7. The molecular weight excluding hydrogens is 288 g/mol. The van der Waals surface area contributed by atoms with Gasteiger partial charge in [-0.15, -0.1) is 0 Å². The monoisotopic (exact) mass is 298 g/mol. The normalized spacial score (nSPS) is 10.7. The van der Waals surface area contributed by atoms with Gasteiger partial charge in [-0.25, -0.2) is 0 Å². The maximum Gasteiger partial charge on any atom is 0.258 e. The lowest BCUT2D eigenvalue weighted by Crippen LogP contribution is -2.15. The Bertz CT molecular complexity index is 589. The average Bonchev–Trinajstić information content (AvgIpc) is 2.69. The molecule has 0 aliphatic carbocycles. The third-order valence-corrected chi connectivity index (χ3v) is 2.95. The fourth-order valence-corrected chi connectivity index (χ4v) is 1.92. The maximum absolute atomic E-state index is 11.7. The van der Waals surface area contributed by atoms with Gasteiger partial charge in [-0.05, 0) is 28.4 Å². The van der Waals surface area contributed by atoms with Gasteiger partial charge in [0.25, 0.3) is 5.56 Å². The van der Waals surface area contributed by atoms with Crippen LogP contribution in [-0.4, -0.2) is 15.1 Å². The Morgan fingerprint density at radius 3 is 2.88 bits per heavy atom. The van der Waals surface area contributed by atoms with Crippen LogP contribution in [0, 0.1) is 0 Å². The van der Waals surface area contributed by atoms with Crippen LogP contribution in [0.3, 0.4) is 0 Å². The van der Waals surface area contributed by atoms with Crippen molar-refractivity contribution in [2.45, 2.75) is 19.8 Å². The highest BCUT2D eigenvalue weighted by molar-refractivity contribution is 9.10. The number of H-pyrrole nitrogens is 1. The number of nitrogens with zero attached hydrogens (tertiary/aromatic N) is 1. The summed E-state index contributed by atoms with van der Waals surface area (Å²) in [6, 6.07) is 1.69. The molecule has 0 aliphatic heterocycles. The molecule has 6 heteroatoms. The molecule has 0 atom stereocenters. The molecule has 2 N–H and O–H groups in total. The minimum Gasteiger partial charge on any atom is -0.493 e. The summed E-state index contributed by atoms with van der Waals surface area (Å²) in [4.78, 5) is 18.3. The van der Waals surface area contributed by atoms with Crippen LogP contribution in [0.4, 0.5) is 0 Å². The van der Waals surface area contributed by atoms with E-state index in [2.05, 4.69) is 25.9 Å². The summed E-state index contributed by atoms with van der Waals surface area (Å²) in [7, 11) is 0. The predicted molar refractivity (Wildman–Crippen MR) is 65.9 cm³/mol. The average molecular weight is 299 g/mol. The Morgan fingerprint density at radius 1 is 1.59 bits per heavy atom. The molecule has 2 aromatic heterocycles. The SMILES string of the molecule is CCCc1c(O)nc(-c2occc2Br)[nH]c1=O. The quantitative estimate of drug-likeness (QED) is 0.912. The molecule has 0 aromatic carbocycles. The summed E-state index contributed by atoms with van der Waals surface area (Å²) >= 11 is 3.26. The van der Waals surface area contributed by atoms with E-state index in [9.17, 15) is 9.90 Å². The molecule has 2 aromatic rings. The zero-order valence-corrected chi connectivity index (χ0v) is 10.7. The Morgan fingerprint density at radius 2 is 2.35 bits per heavy atom. The number of rotatable bonds is 3. The van der Waals surface area contributed by atoms with Gasteiger partial charge in [-0.2, -0.15) is 4.98 Å². The Balaban J connectivity index is 2.53. The molecule has 90 valence electrons. The molecule has 5 nitrogen and oxygen atoms in total. The van der Waals surface area contributed by atoms with E-state index < -0.39 is 0 Å². The van der Waals surface area contributed by atoms with Gasteiger partial charge in [0, 0.05) is 0 Å². The van der Waals surface area contributed by atoms with Crippen molar-refractivity contribution in [2.75, 3.05) is 0 Å². The van der Waals surface area contributed by atoms with Crippen molar-refractivity contribution in [1.29, 1.82) is 0 Å². The van der Waals surface area contributed by atoms with Crippen LogP contribution < -0.4 is 5.56 Å². The second kappa shape index (κ2) is 4.75. The number of halogens is 1. The summed E-state index contributed by atoms with van der Waals surface area (Å²) in [5.74, 6) is 0.360. The van der Waals surface area contributed by atoms with Crippen molar-refractivity contribution < 1.29 is 9.52 Å². The largest absolute Gasteiger partial charge is 0.493 e. The molecule has 0 saturated carbocycles. The van der Waals surface area contributed by atoms with Crippen molar-refractivity contribution in [2.24, 2.45) is 0 Å². The molecule has 0 bridgehead atoms. The topological polar surface area (TPSA) is 79.1 Å². The van der Waals surface area contributed by atoms with E-state index in [4.69, 9.17) is 4.42 Å². The third-order valence-electron chi connectivity index (χ3n) is 2.33. The fourth-order valence-electron chi connectivity index (χ4n) is 1.53. The zero-order chi connectivity index (χ0) is 12.4. The highest BCUT2D eigenvalue weighted by Crippen LogP contribution is 2.27. The van der Waals surface area contributed by atoms with Crippen LogP contribution in [0.15, 0.2) is 26.0 Å². The summed E-state index contributed by atoms with van der Waals surface area (Å²) < 4.78 is 5.84. The van der Waals surface area contributed by atoms with Crippen molar-refractivity contribution in [3.8, 4) is 17.5 Å². The number of hydrogen-bond donors (Lipinski definition) is 2. The Kier molecular flexibility index (Phi) is 3.33. The zero-order valence-electron chi connectivity index (χ0n) is 9.16. The van der Waals surface area contributed by atoms with Gasteiger partial charge < -0.3 is 14.5 Å². The first kappa shape index (κ1) is 11.9. The molecule has 0 saturated heterocycles. The molecular formula is C11H11BrN2O3. The van der Waals surface area contributed by atoms with Crippen molar-refractivity contribution in [3.05, 3.63) is 32.7 Å². The van der Waals surface area contributed by atoms with Gasteiger partial charge in [0.05, 0.1) is 16.3 Å². The first-order valence-electron chi connectivity index (χ1n) is 5.19. The Hall–Kier alpha value is -1.56. The first-order valence-corrected chi connectivity index (χ1v) is 5.98. The summed E-state index contributed by atoms with van der Waals surface area (Å²) in [5, 5.41) is 9.70.